The summed E-state index contributed by atoms with van der Waals surface area (Å²) in [6.45, 7) is 8.30. The molecule has 3 aromatic carbocycles. The summed E-state index contributed by atoms with van der Waals surface area (Å²) in [5.41, 5.74) is 0.101. The number of ether oxygens (including phenoxy) is 5. The first-order valence-corrected chi connectivity index (χ1v) is 18.9. The minimum absolute atomic E-state index is 0.0182. The Morgan fingerprint density at radius 3 is 1.93 bits per heavy atom. The molecule has 1 aliphatic heterocycles. The average Bonchev–Trinajstić information content (AvgIpc) is 3.51. The minimum Gasteiger partial charge on any atom is -0.497 e. The number of benzene rings is 3. The second-order valence-corrected chi connectivity index (χ2v) is 14.6. The summed E-state index contributed by atoms with van der Waals surface area (Å²) in [6, 6.07) is 28.7. The van der Waals surface area contributed by atoms with Crippen LogP contribution in [0.3, 0.4) is 0 Å². The van der Waals surface area contributed by atoms with Gasteiger partial charge in [-0.2, -0.15) is 5.26 Å². The summed E-state index contributed by atoms with van der Waals surface area (Å²) < 4.78 is 47.6. The molecule has 0 unspecified atom stereocenters. The Kier molecular flexibility index (Phi) is 14.2. The molecule has 14 heteroatoms. The van der Waals surface area contributed by atoms with Crippen LogP contribution < -0.4 is 20.7 Å². The Bertz CT molecular complexity index is 1870. The number of nitrogens with one attached hydrogen (secondary N) is 1. The highest BCUT2D eigenvalue weighted by atomic mass is 31.2. The summed E-state index contributed by atoms with van der Waals surface area (Å²) in [6.07, 6.45) is -1.97. The smallest absolute Gasteiger partial charge is 0.330 e. The molecule has 1 saturated heterocycles. The molecule has 13 nitrogen and oxygen atoms in total. The zero-order chi connectivity index (χ0) is 38.8. The molecule has 2 heterocycles. The van der Waals surface area contributed by atoms with Gasteiger partial charge in [0.1, 0.15) is 35.4 Å². The van der Waals surface area contributed by atoms with Crippen molar-refractivity contribution in [2.24, 2.45) is 0 Å². The molecule has 5 atom stereocenters. The van der Waals surface area contributed by atoms with Gasteiger partial charge in [-0.1, -0.05) is 54.6 Å². The average molecular weight is 761 g/mol. The Morgan fingerprint density at radius 1 is 0.852 bits per heavy atom. The monoisotopic (exact) mass is 760 g/mol. The first kappa shape index (κ1) is 40.8. The first-order valence-electron chi connectivity index (χ1n) is 17.8. The molecule has 0 aliphatic carbocycles. The summed E-state index contributed by atoms with van der Waals surface area (Å²) in [5, 5.41) is 9.33. The molecule has 0 amide bonds. The number of methoxy groups -OCH3 is 3. The molecule has 0 saturated carbocycles. The number of H-pyrrole nitrogens is 1. The van der Waals surface area contributed by atoms with Gasteiger partial charge < -0.3 is 32.7 Å². The molecule has 54 heavy (non-hydrogen) atoms. The highest BCUT2D eigenvalue weighted by Crippen LogP contribution is 2.51. The fraction of sp³-hybridized carbons (Fsp3) is 0.425. The SMILES string of the molecule is COc1ccc(C(OC[C@H]2O[C@@H](n3ccc(=O)[nH]c3=O)[C@H](OC)[C@@H]2O[P@@](OCCC#N)N(C(C)C)C(C)C)(c2ccccc2)c2ccc(OC)cc2)cc1. The van der Waals surface area contributed by atoms with Crippen LogP contribution in [0.5, 0.6) is 11.5 Å². The molecule has 0 bridgehead atoms. The fourth-order valence-corrected chi connectivity index (χ4v) is 8.52. The molecular formula is C40H49N4O9P. The molecule has 1 N–H and O–H groups in total. The van der Waals surface area contributed by atoms with Crippen molar-refractivity contribution in [1.82, 2.24) is 14.2 Å². The number of nitriles is 1. The lowest BCUT2D eigenvalue weighted by Crippen LogP contribution is -2.43. The van der Waals surface area contributed by atoms with Crippen molar-refractivity contribution in [3.05, 3.63) is 129 Å². The van der Waals surface area contributed by atoms with E-state index < -0.39 is 49.9 Å². The second-order valence-electron chi connectivity index (χ2n) is 13.2. The van der Waals surface area contributed by atoms with Crippen molar-refractivity contribution in [2.45, 2.75) is 76.3 Å². The van der Waals surface area contributed by atoms with Crippen LogP contribution in [0.2, 0.25) is 0 Å². The second kappa shape index (κ2) is 18.8. The van der Waals surface area contributed by atoms with Crippen molar-refractivity contribution in [3.63, 3.8) is 0 Å². The van der Waals surface area contributed by atoms with E-state index in [1.807, 2.05) is 107 Å². The van der Waals surface area contributed by atoms with Gasteiger partial charge in [0.05, 0.1) is 39.9 Å². The van der Waals surface area contributed by atoms with E-state index in [9.17, 15) is 14.9 Å². The Morgan fingerprint density at radius 2 is 1.43 bits per heavy atom. The van der Waals surface area contributed by atoms with Gasteiger partial charge in [0, 0.05) is 31.5 Å². The normalized spacial score (nSPS) is 19.3. The van der Waals surface area contributed by atoms with Crippen molar-refractivity contribution in [1.29, 1.82) is 5.26 Å². The number of rotatable bonds is 18. The zero-order valence-electron chi connectivity index (χ0n) is 31.7. The first-order chi connectivity index (χ1) is 26.1. The van der Waals surface area contributed by atoms with E-state index >= 15 is 0 Å². The van der Waals surface area contributed by atoms with Gasteiger partial charge in [-0.25, -0.2) is 9.46 Å². The van der Waals surface area contributed by atoms with Crippen LogP contribution in [0.25, 0.3) is 0 Å². The maximum atomic E-state index is 13.2. The van der Waals surface area contributed by atoms with Gasteiger partial charge in [0.2, 0.25) is 0 Å². The third-order valence-corrected chi connectivity index (χ3v) is 11.3. The number of aromatic amines is 1. The fourth-order valence-electron chi connectivity index (χ4n) is 6.75. The number of hydrogen-bond acceptors (Lipinski definition) is 11. The zero-order valence-corrected chi connectivity index (χ0v) is 32.6. The van der Waals surface area contributed by atoms with Gasteiger partial charge in [-0.05, 0) is 68.7 Å². The predicted molar refractivity (Wildman–Crippen MR) is 204 cm³/mol. The Balaban J connectivity index is 1.64. The molecule has 5 rings (SSSR count). The van der Waals surface area contributed by atoms with Crippen LogP contribution in [0.1, 0.15) is 57.0 Å². The predicted octanol–water partition coefficient (Wildman–Crippen LogP) is 6.14. The van der Waals surface area contributed by atoms with E-state index in [0.29, 0.717) is 11.5 Å². The largest absolute Gasteiger partial charge is 0.497 e. The van der Waals surface area contributed by atoms with E-state index in [1.165, 1.54) is 23.9 Å². The summed E-state index contributed by atoms with van der Waals surface area (Å²) >= 11 is 0. The summed E-state index contributed by atoms with van der Waals surface area (Å²) in [4.78, 5) is 27.6. The third kappa shape index (κ3) is 8.94. The van der Waals surface area contributed by atoms with Gasteiger partial charge in [-0.15, -0.1) is 0 Å². The highest BCUT2D eigenvalue weighted by Gasteiger charge is 2.51. The molecule has 0 radical (unpaired) electrons. The van der Waals surface area contributed by atoms with Crippen molar-refractivity contribution >= 4 is 8.53 Å². The van der Waals surface area contributed by atoms with Crippen LogP contribution >= 0.6 is 8.53 Å². The Hall–Kier alpha value is -4.38. The molecular weight excluding hydrogens is 711 g/mol. The van der Waals surface area contributed by atoms with Crippen LogP contribution in [0, 0.1) is 11.3 Å². The van der Waals surface area contributed by atoms with Gasteiger partial charge in [0.15, 0.2) is 6.23 Å². The van der Waals surface area contributed by atoms with Crippen molar-refractivity contribution in [3.8, 4) is 17.6 Å². The third-order valence-electron chi connectivity index (χ3n) is 9.19. The van der Waals surface area contributed by atoms with E-state index in [4.69, 9.17) is 32.7 Å². The maximum absolute atomic E-state index is 13.2. The van der Waals surface area contributed by atoms with Crippen LogP contribution in [0.15, 0.2) is 101 Å². The number of aromatic nitrogens is 2. The standard InChI is InChI=1S/C40H49N4O9P/c1-27(2)44(28(3)4)54(51-25-11-23-41)53-36-34(52-38(37(36)49-7)43-24-22-35(45)42-39(43)46)26-50-40(29-12-9-8-10-13-29,30-14-18-32(47-5)19-15-30)31-16-20-33(48-6)21-17-31/h8-10,12-22,24,27-28,34,36-38H,11,25-26H2,1-7H3,(H,42,45,46)/t34-,36-,37-,38-,54-/m1/s1. The number of hydrogen-bond donors (Lipinski definition) is 1. The van der Waals surface area contributed by atoms with Gasteiger partial charge >= 0.3 is 5.69 Å². The van der Waals surface area contributed by atoms with Crippen LogP contribution in [-0.4, -0.2) is 79.2 Å². The van der Waals surface area contributed by atoms with Gasteiger partial charge in [-0.3, -0.25) is 14.3 Å². The van der Waals surface area contributed by atoms with E-state index in [1.54, 1.807) is 14.2 Å². The van der Waals surface area contributed by atoms with Crippen molar-refractivity contribution < 1.29 is 32.7 Å². The minimum atomic E-state index is -1.77. The van der Waals surface area contributed by atoms with Crippen LogP contribution in [0.4, 0.5) is 0 Å². The van der Waals surface area contributed by atoms with E-state index in [0.717, 1.165) is 16.7 Å². The van der Waals surface area contributed by atoms with Crippen molar-refractivity contribution in [2.75, 3.05) is 34.5 Å². The lowest BCUT2D eigenvalue weighted by atomic mass is 9.80. The topological polar surface area (TPSA) is 147 Å². The molecule has 1 aromatic heterocycles. The maximum Gasteiger partial charge on any atom is 0.330 e. The molecule has 4 aromatic rings. The number of nitrogens with zero attached hydrogens (tertiary/aromatic N) is 3. The Labute approximate surface area is 317 Å². The lowest BCUT2D eigenvalue weighted by molar-refractivity contribution is -0.0957. The molecule has 0 spiro atoms. The van der Waals surface area contributed by atoms with Gasteiger partial charge in [0.25, 0.3) is 14.1 Å². The molecule has 288 valence electrons. The summed E-state index contributed by atoms with van der Waals surface area (Å²) in [5.74, 6) is 1.37. The quantitative estimate of drug-likeness (QED) is 0.0710. The van der Waals surface area contributed by atoms with E-state index in [2.05, 4.69) is 15.7 Å². The highest BCUT2D eigenvalue weighted by molar-refractivity contribution is 7.44. The molecule has 1 aliphatic rings. The van der Waals surface area contributed by atoms with Crippen LogP contribution in [-0.2, 0) is 28.9 Å². The lowest BCUT2D eigenvalue weighted by Gasteiger charge is -2.39. The summed E-state index contributed by atoms with van der Waals surface area (Å²) in [7, 11) is 2.98. The molecule has 1 fully saturated rings. The van der Waals surface area contributed by atoms with E-state index in [-0.39, 0.29) is 31.7 Å².